The van der Waals surface area contributed by atoms with Gasteiger partial charge >= 0.3 is 6.09 Å². The number of hydrogen-bond donors (Lipinski definition) is 1. The number of nitrogens with zero attached hydrogens (tertiary/aromatic N) is 2. The second-order valence-electron chi connectivity index (χ2n) is 8.63. The highest BCUT2D eigenvalue weighted by Gasteiger charge is 2.21. The van der Waals surface area contributed by atoms with Gasteiger partial charge in [0.1, 0.15) is 11.5 Å². The van der Waals surface area contributed by atoms with Crippen molar-refractivity contribution in [1.29, 1.82) is 5.26 Å². The van der Waals surface area contributed by atoms with Crippen LogP contribution < -0.4 is 14.8 Å². The molecule has 0 fully saturated rings. The summed E-state index contributed by atoms with van der Waals surface area (Å²) < 4.78 is 33.9. The van der Waals surface area contributed by atoms with E-state index in [2.05, 4.69) is 5.32 Å². The van der Waals surface area contributed by atoms with Crippen LogP contribution in [0.3, 0.4) is 0 Å². The van der Waals surface area contributed by atoms with E-state index in [0.717, 1.165) is 0 Å². The van der Waals surface area contributed by atoms with E-state index in [1.165, 1.54) is 68.4 Å². The summed E-state index contributed by atoms with van der Waals surface area (Å²) in [5.41, 5.74) is 1.33. The molecule has 0 aliphatic rings. The van der Waals surface area contributed by atoms with E-state index in [0.29, 0.717) is 15.6 Å². The lowest BCUT2D eigenvalue weighted by molar-refractivity contribution is -0.118. The van der Waals surface area contributed by atoms with Crippen LogP contribution in [0.2, 0.25) is 10.0 Å². The minimum absolute atomic E-state index is 0.0725. The number of hydrogen-bond acceptors (Lipinski definition) is 8. The lowest BCUT2D eigenvalue weighted by Gasteiger charge is -2.26. The summed E-state index contributed by atoms with van der Waals surface area (Å²) in [7, 11) is 0. The molecule has 3 aromatic rings. The molecule has 208 valence electrons. The number of ether oxygens (including phenoxy) is 2. The molecular weight excluding hydrogens is 581 g/mol. The summed E-state index contributed by atoms with van der Waals surface area (Å²) >= 11 is 9.32. The summed E-state index contributed by atoms with van der Waals surface area (Å²) in [6, 6.07) is 14.2. The Morgan fingerprint density at radius 2 is 1.80 bits per heavy atom. The van der Waals surface area contributed by atoms with E-state index >= 15 is 0 Å². The first-order valence-corrected chi connectivity index (χ1v) is 13.4. The third-order valence-corrected chi connectivity index (χ3v) is 6.67. The first-order valence-electron chi connectivity index (χ1n) is 11.6. The Morgan fingerprint density at radius 1 is 1.07 bits per heavy atom. The summed E-state index contributed by atoms with van der Waals surface area (Å²) in [4.78, 5) is 38.0. The molecule has 0 heterocycles. The Labute approximate surface area is 242 Å². The van der Waals surface area contributed by atoms with Crippen LogP contribution in [0.15, 0.2) is 54.6 Å². The Hall–Kier alpha value is -3.95. The molecule has 0 radical (unpaired) electrons. The van der Waals surface area contributed by atoms with Gasteiger partial charge in [0.25, 0.3) is 5.91 Å². The molecule has 3 rings (SSSR count). The number of ketones is 1. The Balaban J connectivity index is 1.70. The zero-order valence-corrected chi connectivity index (χ0v) is 23.7. The Morgan fingerprint density at radius 3 is 2.42 bits per heavy atom. The number of aryl methyl sites for hydroxylation is 1. The van der Waals surface area contributed by atoms with Gasteiger partial charge in [0.2, 0.25) is 0 Å². The topological polar surface area (TPSA) is 149 Å². The summed E-state index contributed by atoms with van der Waals surface area (Å²) in [6.07, 6.45) is -1.07. The van der Waals surface area contributed by atoms with E-state index in [1.54, 1.807) is 6.92 Å². The largest absolute Gasteiger partial charge is 0.755 e. The molecule has 0 aliphatic carbocycles. The predicted molar refractivity (Wildman–Crippen MR) is 148 cm³/mol. The van der Waals surface area contributed by atoms with Crippen molar-refractivity contribution in [3.05, 3.63) is 86.9 Å². The first-order chi connectivity index (χ1) is 18.9. The lowest BCUT2D eigenvalue weighted by atomic mass is 10.0. The fourth-order valence-corrected chi connectivity index (χ4v) is 4.42. The molecule has 0 aromatic heterocycles. The molecule has 1 atom stereocenters. The van der Waals surface area contributed by atoms with Gasteiger partial charge < -0.3 is 19.3 Å². The van der Waals surface area contributed by atoms with Gasteiger partial charge in [0.05, 0.1) is 28.5 Å². The number of amides is 2. The third kappa shape index (κ3) is 7.80. The van der Waals surface area contributed by atoms with Crippen molar-refractivity contribution in [2.24, 2.45) is 0 Å². The number of nitriles is 1. The number of rotatable bonds is 9. The van der Waals surface area contributed by atoms with Crippen molar-refractivity contribution in [3.63, 3.8) is 0 Å². The van der Waals surface area contributed by atoms with Crippen molar-refractivity contribution in [2.75, 3.05) is 11.9 Å². The molecule has 0 spiro atoms. The zero-order chi connectivity index (χ0) is 29.6. The molecular formula is C27H22Cl2N3O7S-. The van der Waals surface area contributed by atoms with Crippen LogP contribution in [0.1, 0.15) is 40.9 Å². The fourth-order valence-electron chi connectivity index (χ4n) is 3.51. The van der Waals surface area contributed by atoms with E-state index in [-0.39, 0.29) is 38.2 Å². The Bertz CT molecular complexity index is 1540. The van der Waals surface area contributed by atoms with E-state index in [4.69, 9.17) is 32.7 Å². The molecule has 1 unspecified atom stereocenters. The van der Waals surface area contributed by atoms with Crippen LogP contribution in [0.4, 0.5) is 10.5 Å². The van der Waals surface area contributed by atoms with Gasteiger partial charge in [0, 0.05) is 27.3 Å². The number of halogens is 2. The van der Waals surface area contributed by atoms with Crippen LogP contribution in [-0.2, 0) is 16.1 Å². The first kappa shape index (κ1) is 30.6. The standard InChI is InChI=1S/C27H23Cl2N3O7S/c1-15(2)32(40(36)37)27(35)39-21-5-6-23(16(3)8-21)31-25(33)14-38-24-7-4-19(28)12-22(24)26(34)18-9-17(13-30)10-20(29)11-18/h4-12,15H,14H2,1-3H3,(H,31,33)(H,36,37)/p-1. The van der Waals surface area contributed by atoms with Crippen molar-refractivity contribution in [2.45, 2.75) is 26.8 Å². The number of benzene rings is 3. The van der Waals surface area contributed by atoms with Gasteiger partial charge in [0.15, 0.2) is 12.4 Å². The third-order valence-electron chi connectivity index (χ3n) is 5.32. The maximum Gasteiger partial charge on any atom is 0.426 e. The van der Waals surface area contributed by atoms with Crippen molar-refractivity contribution in [1.82, 2.24) is 4.31 Å². The maximum absolute atomic E-state index is 13.2. The SMILES string of the molecule is Cc1cc(OC(=O)N(C(C)C)S(=O)[O-])ccc1NC(=O)COc1ccc(Cl)cc1C(=O)c1cc(Cl)cc(C#N)c1. The number of nitrogens with one attached hydrogen (secondary N) is 1. The minimum atomic E-state index is -2.80. The van der Waals surface area contributed by atoms with Crippen LogP contribution in [-0.4, -0.2) is 43.5 Å². The summed E-state index contributed by atoms with van der Waals surface area (Å²) in [5, 5.41) is 12.3. The van der Waals surface area contributed by atoms with Crippen LogP contribution >= 0.6 is 23.2 Å². The molecule has 1 N–H and O–H groups in total. The monoisotopic (exact) mass is 602 g/mol. The molecule has 0 saturated carbocycles. The normalized spacial score (nSPS) is 11.3. The van der Waals surface area contributed by atoms with Gasteiger partial charge in [-0.2, -0.15) is 5.26 Å². The smallest absolute Gasteiger partial charge is 0.426 e. The predicted octanol–water partition coefficient (Wildman–Crippen LogP) is 5.43. The second kappa shape index (κ2) is 13.4. The van der Waals surface area contributed by atoms with E-state index in [9.17, 15) is 28.4 Å². The van der Waals surface area contributed by atoms with Crippen molar-refractivity contribution in [3.8, 4) is 17.6 Å². The lowest BCUT2D eigenvalue weighted by Crippen LogP contribution is -2.40. The average Bonchev–Trinajstić information content (AvgIpc) is 2.88. The second-order valence-corrected chi connectivity index (χ2v) is 10.3. The Kier molecular flexibility index (Phi) is 10.3. The molecule has 40 heavy (non-hydrogen) atoms. The quantitative estimate of drug-likeness (QED) is 0.252. The number of carbonyl (C=O) groups is 3. The molecule has 3 aromatic carbocycles. The summed E-state index contributed by atoms with van der Waals surface area (Å²) in [5.74, 6) is -0.886. The van der Waals surface area contributed by atoms with Crippen LogP contribution in [0, 0.1) is 18.3 Å². The average molecular weight is 603 g/mol. The molecule has 10 nitrogen and oxygen atoms in total. The minimum Gasteiger partial charge on any atom is -0.755 e. The molecule has 0 aliphatic heterocycles. The molecule has 0 bridgehead atoms. The number of anilines is 1. The molecule has 13 heteroatoms. The zero-order valence-electron chi connectivity index (χ0n) is 21.4. The van der Waals surface area contributed by atoms with Crippen LogP contribution in [0.25, 0.3) is 0 Å². The van der Waals surface area contributed by atoms with Gasteiger partial charge in [-0.15, -0.1) is 0 Å². The highest BCUT2D eigenvalue weighted by Crippen LogP contribution is 2.28. The van der Waals surface area contributed by atoms with E-state index < -0.39 is 41.7 Å². The van der Waals surface area contributed by atoms with E-state index in [1.807, 2.05) is 6.07 Å². The molecule has 2 amide bonds. The highest BCUT2D eigenvalue weighted by molar-refractivity contribution is 7.77. The van der Waals surface area contributed by atoms with Gasteiger partial charge in [-0.3, -0.25) is 13.8 Å². The van der Waals surface area contributed by atoms with Crippen molar-refractivity contribution >= 4 is 57.9 Å². The van der Waals surface area contributed by atoms with Crippen LogP contribution in [0.5, 0.6) is 11.5 Å². The number of carbonyl (C=O) groups excluding carboxylic acids is 3. The van der Waals surface area contributed by atoms with Gasteiger partial charge in [-0.1, -0.05) is 23.2 Å². The highest BCUT2D eigenvalue weighted by atomic mass is 35.5. The van der Waals surface area contributed by atoms with Gasteiger partial charge in [-0.25, -0.2) is 9.10 Å². The summed E-state index contributed by atoms with van der Waals surface area (Å²) in [6.45, 7) is 4.23. The maximum atomic E-state index is 13.2. The fraction of sp³-hybridized carbons (Fsp3) is 0.185. The van der Waals surface area contributed by atoms with Crippen molar-refractivity contribution < 1.29 is 32.6 Å². The molecule has 0 saturated heterocycles. The van der Waals surface area contributed by atoms with Gasteiger partial charge in [-0.05, 0) is 80.9 Å².